The van der Waals surface area contributed by atoms with Gasteiger partial charge in [-0.25, -0.2) is 9.18 Å². The Kier molecular flexibility index (Phi) is 2.04. The Hall–Kier alpha value is -1.71. The largest absolute Gasteiger partial charge is 0.477 e. The standard InChI is InChI=1S/C10H8FNO2/c11-7-1-2-8-6(5-7)3-4-12-9(8)10(13)14/h1-2,4-6H,3H2,(H,13,14). The lowest BCUT2D eigenvalue weighted by Crippen LogP contribution is -2.15. The second-order valence-corrected chi connectivity index (χ2v) is 3.15. The fourth-order valence-corrected chi connectivity index (χ4v) is 1.59. The Bertz CT molecular complexity index is 404. The van der Waals surface area contributed by atoms with Crippen LogP contribution in [0.2, 0.25) is 0 Å². The summed E-state index contributed by atoms with van der Waals surface area (Å²) in [5.74, 6) is -1.57. The Morgan fingerprint density at radius 2 is 2.36 bits per heavy atom. The van der Waals surface area contributed by atoms with Crippen LogP contribution in [0.3, 0.4) is 0 Å². The molecule has 1 aliphatic heterocycles. The molecule has 0 radical (unpaired) electrons. The SMILES string of the molecule is O=C(O)C1=C2C=CC(F)=CC2CC=N1. The molecule has 0 spiro atoms. The van der Waals surface area contributed by atoms with Crippen LogP contribution < -0.4 is 0 Å². The van der Waals surface area contributed by atoms with Crippen molar-refractivity contribution in [3.63, 3.8) is 0 Å². The molecule has 0 aromatic carbocycles. The lowest BCUT2D eigenvalue weighted by atomic mass is 9.88. The van der Waals surface area contributed by atoms with Gasteiger partial charge in [-0.3, -0.25) is 4.99 Å². The van der Waals surface area contributed by atoms with Gasteiger partial charge in [-0.1, -0.05) is 6.08 Å². The minimum atomic E-state index is -1.07. The van der Waals surface area contributed by atoms with Gasteiger partial charge in [0.15, 0.2) is 5.70 Å². The number of nitrogens with zero attached hydrogens (tertiary/aromatic N) is 1. The quantitative estimate of drug-likeness (QED) is 0.690. The molecule has 2 rings (SSSR count). The number of hydrogen-bond acceptors (Lipinski definition) is 2. The van der Waals surface area contributed by atoms with Crippen molar-refractivity contribution < 1.29 is 14.3 Å². The number of halogens is 1. The van der Waals surface area contributed by atoms with E-state index in [1.54, 1.807) is 0 Å². The highest BCUT2D eigenvalue weighted by atomic mass is 19.1. The van der Waals surface area contributed by atoms with Crippen molar-refractivity contribution in [2.45, 2.75) is 6.42 Å². The molecule has 0 aromatic heterocycles. The summed E-state index contributed by atoms with van der Waals surface area (Å²) in [7, 11) is 0. The maximum absolute atomic E-state index is 12.8. The number of aliphatic carboxylic acids is 1. The van der Waals surface area contributed by atoms with Crippen molar-refractivity contribution in [3.05, 3.63) is 35.3 Å². The van der Waals surface area contributed by atoms with E-state index in [2.05, 4.69) is 4.99 Å². The van der Waals surface area contributed by atoms with Gasteiger partial charge in [0.2, 0.25) is 0 Å². The van der Waals surface area contributed by atoms with Crippen LogP contribution in [0.5, 0.6) is 0 Å². The monoisotopic (exact) mass is 193 g/mol. The number of carbonyl (C=O) groups is 1. The maximum atomic E-state index is 12.8. The van der Waals surface area contributed by atoms with Gasteiger partial charge in [0, 0.05) is 12.1 Å². The van der Waals surface area contributed by atoms with E-state index in [0.717, 1.165) is 0 Å². The highest BCUT2D eigenvalue weighted by Gasteiger charge is 2.24. The average Bonchev–Trinajstić information content (AvgIpc) is 2.16. The second-order valence-electron chi connectivity index (χ2n) is 3.15. The zero-order valence-electron chi connectivity index (χ0n) is 7.27. The van der Waals surface area contributed by atoms with Crippen molar-refractivity contribution in [2.24, 2.45) is 10.9 Å². The Balaban J connectivity index is 2.46. The molecule has 0 bridgehead atoms. The highest BCUT2D eigenvalue weighted by Crippen LogP contribution is 2.30. The maximum Gasteiger partial charge on any atom is 0.354 e. The van der Waals surface area contributed by atoms with Crippen molar-refractivity contribution in [1.82, 2.24) is 0 Å². The molecule has 0 aromatic rings. The molecule has 2 aliphatic rings. The summed E-state index contributed by atoms with van der Waals surface area (Å²) in [4.78, 5) is 14.6. The van der Waals surface area contributed by atoms with Gasteiger partial charge in [0.25, 0.3) is 0 Å². The molecule has 4 heteroatoms. The Morgan fingerprint density at radius 1 is 1.57 bits per heavy atom. The molecule has 1 N–H and O–H groups in total. The predicted octanol–water partition coefficient (Wildman–Crippen LogP) is 1.84. The van der Waals surface area contributed by atoms with Crippen molar-refractivity contribution in [1.29, 1.82) is 0 Å². The number of fused-ring (bicyclic) bond motifs is 1. The molecule has 0 fully saturated rings. The first kappa shape index (κ1) is 8.87. The first-order chi connectivity index (χ1) is 6.68. The van der Waals surface area contributed by atoms with E-state index >= 15 is 0 Å². The summed E-state index contributed by atoms with van der Waals surface area (Å²) in [6.07, 6.45) is 6.24. The minimum absolute atomic E-state index is 0.0150. The van der Waals surface area contributed by atoms with Crippen LogP contribution in [0.4, 0.5) is 4.39 Å². The molecule has 1 atom stereocenters. The molecule has 0 saturated carbocycles. The summed E-state index contributed by atoms with van der Waals surface area (Å²) in [5.41, 5.74) is 0.600. The zero-order chi connectivity index (χ0) is 10.1. The summed E-state index contributed by atoms with van der Waals surface area (Å²) < 4.78 is 12.8. The zero-order valence-corrected chi connectivity index (χ0v) is 7.27. The molecule has 3 nitrogen and oxygen atoms in total. The van der Waals surface area contributed by atoms with E-state index in [1.807, 2.05) is 0 Å². The summed E-state index contributed by atoms with van der Waals surface area (Å²) in [6.45, 7) is 0. The first-order valence-electron chi connectivity index (χ1n) is 4.24. The number of allylic oxidation sites excluding steroid dienone is 5. The van der Waals surface area contributed by atoms with Crippen LogP contribution >= 0.6 is 0 Å². The molecule has 0 amide bonds. The predicted molar refractivity (Wildman–Crippen MR) is 49.6 cm³/mol. The van der Waals surface area contributed by atoms with Crippen LogP contribution in [0.25, 0.3) is 0 Å². The third kappa shape index (κ3) is 1.39. The second kappa shape index (κ2) is 3.21. The van der Waals surface area contributed by atoms with Gasteiger partial charge >= 0.3 is 5.97 Å². The van der Waals surface area contributed by atoms with Crippen molar-refractivity contribution in [2.75, 3.05) is 0 Å². The number of aliphatic imine (C=N–C) groups is 1. The summed E-state index contributed by atoms with van der Waals surface area (Å²) in [6, 6.07) is 0. The van der Waals surface area contributed by atoms with E-state index in [-0.39, 0.29) is 17.4 Å². The molecular weight excluding hydrogens is 185 g/mol. The van der Waals surface area contributed by atoms with E-state index < -0.39 is 5.97 Å². The van der Waals surface area contributed by atoms with Gasteiger partial charge in [-0.05, 0) is 24.1 Å². The number of rotatable bonds is 1. The van der Waals surface area contributed by atoms with Gasteiger partial charge in [0.05, 0.1) is 0 Å². The molecule has 14 heavy (non-hydrogen) atoms. The molecule has 1 unspecified atom stereocenters. The fourth-order valence-electron chi connectivity index (χ4n) is 1.59. The van der Waals surface area contributed by atoms with E-state index in [0.29, 0.717) is 12.0 Å². The van der Waals surface area contributed by atoms with Crippen LogP contribution in [-0.4, -0.2) is 17.3 Å². The van der Waals surface area contributed by atoms with Crippen molar-refractivity contribution >= 4 is 12.2 Å². The lowest BCUT2D eigenvalue weighted by molar-refractivity contribution is -0.132. The summed E-state index contributed by atoms with van der Waals surface area (Å²) >= 11 is 0. The number of carboxylic acid groups (broad SMARTS) is 1. The normalized spacial score (nSPS) is 24.6. The van der Waals surface area contributed by atoms with E-state index in [9.17, 15) is 9.18 Å². The molecule has 1 aliphatic carbocycles. The van der Waals surface area contributed by atoms with Crippen LogP contribution in [0.1, 0.15) is 6.42 Å². The highest BCUT2D eigenvalue weighted by molar-refractivity contribution is 5.91. The Morgan fingerprint density at radius 3 is 3.07 bits per heavy atom. The average molecular weight is 193 g/mol. The molecule has 72 valence electrons. The fraction of sp³-hybridized carbons (Fsp3) is 0.200. The number of hydrogen-bond donors (Lipinski definition) is 1. The van der Waals surface area contributed by atoms with Crippen molar-refractivity contribution in [3.8, 4) is 0 Å². The van der Waals surface area contributed by atoms with Crippen LogP contribution in [0, 0.1) is 5.92 Å². The van der Waals surface area contributed by atoms with Gasteiger partial charge in [-0.2, -0.15) is 0 Å². The molecule has 1 heterocycles. The first-order valence-corrected chi connectivity index (χ1v) is 4.24. The third-order valence-electron chi connectivity index (χ3n) is 2.24. The van der Waals surface area contributed by atoms with Crippen LogP contribution in [0.15, 0.2) is 40.3 Å². The number of carboxylic acids is 1. The topological polar surface area (TPSA) is 49.7 Å². The van der Waals surface area contributed by atoms with Gasteiger partial charge in [0.1, 0.15) is 5.83 Å². The Labute approximate surface area is 80.0 Å². The molecular formula is C10H8FNO2. The minimum Gasteiger partial charge on any atom is -0.477 e. The smallest absolute Gasteiger partial charge is 0.354 e. The van der Waals surface area contributed by atoms with Gasteiger partial charge < -0.3 is 5.11 Å². The van der Waals surface area contributed by atoms with Gasteiger partial charge in [-0.15, -0.1) is 0 Å². The lowest BCUT2D eigenvalue weighted by Gasteiger charge is -2.20. The van der Waals surface area contributed by atoms with E-state index in [4.69, 9.17) is 5.11 Å². The van der Waals surface area contributed by atoms with Crippen LogP contribution in [-0.2, 0) is 4.79 Å². The molecule has 0 saturated heterocycles. The third-order valence-corrected chi connectivity index (χ3v) is 2.24. The van der Waals surface area contributed by atoms with E-state index in [1.165, 1.54) is 24.4 Å². The summed E-state index contributed by atoms with van der Waals surface area (Å²) in [5, 5.41) is 8.82.